The second kappa shape index (κ2) is 4.98. The Hall–Kier alpha value is -2.74. The van der Waals surface area contributed by atoms with Gasteiger partial charge < -0.3 is 5.32 Å². The van der Waals surface area contributed by atoms with Crippen LogP contribution in [0.5, 0.6) is 0 Å². The van der Waals surface area contributed by atoms with Crippen molar-refractivity contribution in [3.8, 4) is 0 Å². The topological polar surface area (TPSA) is 101 Å². The number of nitrogens with one attached hydrogen (secondary N) is 2. The fraction of sp³-hybridized carbons (Fsp3) is 0. The number of fused-ring (bicyclic) bond motifs is 1. The Labute approximate surface area is 120 Å². The highest BCUT2D eigenvalue weighted by Crippen LogP contribution is 2.18. The zero-order chi connectivity index (χ0) is 14.9. The molecule has 0 bridgehead atoms. The van der Waals surface area contributed by atoms with Crippen molar-refractivity contribution < 1.29 is 8.42 Å². The first-order valence-corrected chi connectivity index (χ1v) is 7.54. The molecule has 8 heteroatoms. The molecule has 0 fully saturated rings. The number of aromatic amines is 1. The zero-order valence-electron chi connectivity index (χ0n) is 10.8. The third-order valence-electron chi connectivity index (χ3n) is 2.85. The molecule has 3 rings (SSSR count). The highest BCUT2D eigenvalue weighted by Gasteiger charge is 2.09. The van der Waals surface area contributed by atoms with Gasteiger partial charge in [-0.25, -0.2) is 13.4 Å². The van der Waals surface area contributed by atoms with E-state index in [-0.39, 0.29) is 4.90 Å². The van der Waals surface area contributed by atoms with Gasteiger partial charge in [-0.3, -0.25) is 5.10 Å². The van der Waals surface area contributed by atoms with Crippen LogP contribution in [0, 0.1) is 0 Å². The van der Waals surface area contributed by atoms with Crippen LogP contribution in [0.3, 0.4) is 0 Å². The molecule has 0 spiro atoms. The molecule has 0 aliphatic carbocycles. The first-order chi connectivity index (χ1) is 10.1. The van der Waals surface area contributed by atoms with Crippen molar-refractivity contribution in [1.82, 2.24) is 20.2 Å². The Morgan fingerprint density at radius 2 is 1.95 bits per heavy atom. The van der Waals surface area contributed by atoms with E-state index in [9.17, 15) is 8.42 Å². The van der Waals surface area contributed by atoms with Crippen molar-refractivity contribution in [2.45, 2.75) is 4.90 Å². The summed E-state index contributed by atoms with van der Waals surface area (Å²) in [5, 5.41) is 11.3. The van der Waals surface area contributed by atoms with Crippen molar-refractivity contribution in [2.24, 2.45) is 0 Å². The summed E-state index contributed by atoms with van der Waals surface area (Å²) in [5.41, 5.74) is 1.30. The summed E-state index contributed by atoms with van der Waals surface area (Å²) < 4.78 is 23.2. The van der Waals surface area contributed by atoms with E-state index >= 15 is 0 Å². The molecule has 1 aromatic carbocycles. The number of rotatable bonds is 4. The van der Waals surface area contributed by atoms with Gasteiger partial charge in [-0.05, 0) is 24.3 Å². The summed E-state index contributed by atoms with van der Waals surface area (Å²) in [6.45, 7) is 3.29. The van der Waals surface area contributed by atoms with Crippen molar-refractivity contribution in [2.75, 3.05) is 5.32 Å². The Morgan fingerprint density at radius 3 is 2.67 bits per heavy atom. The van der Waals surface area contributed by atoms with Gasteiger partial charge in [0.2, 0.25) is 5.95 Å². The molecule has 0 aliphatic heterocycles. The number of anilines is 2. The maximum atomic E-state index is 11.6. The molecule has 0 unspecified atom stereocenters. The van der Waals surface area contributed by atoms with E-state index in [4.69, 9.17) is 0 Å². The summed E-state index contributed by atoms with van der Waals surface area (Å²) in [6.07, 6.45) is 3.28. The van der Waals surface area contributed by atoms with E-state index < -0.39 is 9.84 Å². The SMILES string of the molecule is C=CS(=O)(=O)c1ccc(Nc2ncc3cn[nH]c3n2)cc1. The Bertz CT molecular complexity index is 900. The molecule has 0 radical (unpaired) electrons. The van der Waals surface area contributed by atoms with Gasteiger partial charge in [-0.2, -0.15) is 10.1 Å². The number of hydrogen-bond donors (Lipinski definition) is 2. The molecule has 21 heavy (non-hydrogen) atoms. The monoisotopic (exact) mass is 301 g/mol. The van der Waals surface area contributed by atoms with Crippen molar-refractivity contribution in [1.29, 1.82) is 0 Å². The third kappa shape index (κ3) is 2.61. The van der Waals surface area contributed by atoms with Gasteiger partial charge >= 0.3 is 0 Å². The van der Waals surface area contributed by atoms with Gasteiger partial charge in [-0.15, -0.1) is 0 Å². The standard InChI is InChI=1S/C13H11N5O2S/c1-2-21(19,20)11-5-3-10(4-6-11)16-13-14-7-9-8-15-18-12(9)17-13/h2-8H,1H2,(H2,14,15,16,17,18). The minimum atomic E-state index is -3.42. The molecule has 0 saturated heterocycles. The van der Waals surface area contributed by atoms with E-state index in [1.807, 2.05) is 0 Å². The molecule has 0 aliphatic rings. The quantitative estimate of drug-likeness (QED) is 0.764. The minimum absolute atomic E-state index is 0.188. The molecule has 0 atom stereocenters. The van der Waals surface area contributed by atoms with Crippen LogP contribution in [-0.4, -0.2) is 28.6 Å². The number of H-pyrrole nitrogens is 1. The summed E-state index contributed by atoms with van der Waals surface area (Å²) in [6, 6.07) is 6.26. The van der Waals surface area contributed by atoms with Crippen LogP contribution in [-0.2, 0) is 9.84 Å². The van der Waals surface area contributed by atoms with E-state index in [1.165, 1.54) is 12.1 Å². The smallest absolute Gasteiger partial charge is 0.229 e. The van der Waals surface area contributed by atoms with Crippen LogP contribution in [0.4, 0.5) is 11.6 Å². The lowest BCUT2D eigenvalue weighted by molar-refractivity contribution is 0.605. The van der Waals surface area contributed by atoms with Gasteiger partial charge in [0.1, 0.15) is 0 Å². The Kier molecular flexibility index (Phi) is 3.15. The second-order valence-corrected chi connectivity index (χ2v) is 6.12. The maximum absolute atomic E-state index is 11.6. The molecule has 0 saturated carbocycles. The number of hydrogen-bond acceptors (Lipinski definition) is 6. The fourth-order valence-corrected chi connectivity index (χ4v) is 2.46. The summed E-state index contributed by atoms with van der Waals surface area (Å²) in [7, 11) is -3.42. The average molecular weight is 301 g/mol. The number of aromatic nitrogens is 4. The molecular formula is C13H11N5O2S. The highest BCUT2D eigenvalue weighted by molar-refractivity contribution is 7.94. The average Bonchev–Trinajstić information content (AvgIpc) is 2.95. The van der Waals surface area contributed by atoms with Gasteiger partial charge in [0.05, 0.1) is 16.5 Å². The van der Waals surface area contributed by atoms with Crippen molar-refractivity contribution in [3.05, 3.63) is 48.6 Å². The summed E-state index contributed by atoms with van der Waals surface area (Å²) in [5.74, 6) is 0.395. The summed E-state index contributed by atoms with van der Waals surface area (Å²) in [4.78, 5) is 8.58. The normalized spacial score (nSPS) is 11.4. The fourth-order valence-electron chi connectivity index (χ4n) is 1.75. The molecule has 2 aromatic heterocycles. The largest absolute Gasteiger partial charge is 0.324 e. The number of benzene rings is 1. The second-order valence-electron chi connectivity index (χ2n) is 4.23. The van der Waals surface area contributed by atoms with Crippen molar-refractivity contribution in [3.63, 3.8) is 0 Å². The number of sulfone groups is 1. The molecule has 106 valence electrons. The van der Waals surface area contributed by atoms with E-state index in [2.05, 4.69) is 32.1 Å². The molecule has 0 amide bonds. The van der Waals surface area contributed by atoms with E-state index in [0.29, 0.717) is 17.3 Å². The maximum Gasteiger partial charge on any atom is 0.229 e. The van der Waals surface area contributed by atoms with Gasteiger partial charge in [0, 0.05) is 17.3 Å². The Morgan fingerprint density at radius 1 is 1.19 bits per heavy atom. The molecule has 7 nitrogen and oxygen atoms in total. The first-order valence-electron chi connectivity index (χ1n) is 5.99. The Balaban J connectivity index is 1.86. The van der Waals surface area contributed by atoms with E-state index in [1.54, 1.807) is 24.5 Å². The minimum Gasteiger partial charge on any atom is -0.324 e. The lowest BCUT2D eigenvalue weighted by Crippen LogP contribution is -1.98. The van der Waals surface area contributed by atoms with Crippen LogP contribution in [0.25, 0.3) is 11.0 Å². The zero-order valence-corrected chi connectivity index (χ0v) is 11.6. The lowest BCUT2D eigenvalue weighted by atomic mass is 10.3. The first kappa shape index (κ1) is 13.3. The van der Waals surface area contributed by atoms with Gasteiger partial charge in [0.15, 0.2) is 15.5 Å². The van der Waals surface area contributed by atoms with Gasteiger partial charge in [-0.1, -0.05) is 6.58 Å². The van der Waals surface area contributed by atoms with Crippen LogP contribution in [0.15, 0.2) is 53.5 Å². The van der Waals surface area contributed by atoms with E-state index in [0.717, 1.165) is 10.8 Å². The third-order valence-corrected chi connectivity index (χ3v) is 4.22. The van der Waals surface area contributed by atoms with Crippen LogP contribution < -0.4 is 5.32 Å². The van der Waals surface area contributed by atoms with Gasteiger partial charge in [0.25, 0.3) is 0 Å². The predicted molar refractivity (Wildman–Crippen MR) is 78.8 cm³/mol. The lowest BCUT2D eigenvalue weighted by Gasteiger charge is -2.05. The van der Waals surface area contributed by atoms with Crippen LogP contribution >= 0.6 is 0 Å². The highest BCUT2D eigenvalue weighted by atomic mass is 32.2. The molecular weight excluding hydrogens is 290 g/mol. The molecule has 2 heterocycles. The van der Waals surface area contributed by atoms with Crippen molar-refractivity contribution >= 4 is 32.5 Å². The summed E-state index contributed by atoms with van der Waals surface area (Å²) >= 11 is 0. The van der Waals surface area contributed by atoms with Crippen LogP contribution in [0.1, 0.15) is 0 Å². The van der Waals surface area contributed by atoms with Crippen LogP contribution in [0.2, 0.25) is 0 Å². The predicted octanol–water partition coefficient (Wildman–Crippen LogP) is 2.01. The molecule has 3 aromatic rings. The number of nitrogens with zero attached hydrogens (tertiary/aromatic N) is 3. The molecule has 2 N–H and O–H groups in total.